The Morgan fingerprint density at radius 3 is 2.58 bits per heavy atom. The van der Waals surface area contributed by atoms with Crippen LogP contribution in [0.5, 0.6) is 5.75 Å². The van der Waals surface area contributed by atoms with E-state index in [4.69, 9.17) is 9.47 Å². The van der Waals surface area contributed by atoms with E-state index in [9.17, 15) is 14.4 Å². The van der Waals surface area contributed by atoms with Crippen LogP contribution in [0.1, 0.15) is 37.0 Å². The van der Waals surface area contributed by atoms with Gasteiger partial charge in [0.2, 0.25) is 5.91 Å². The number of hydrogen-bond acceptors (Lipinski definition) is 6. The lowest BCUT2D eigenvalue weighted by Crippen LogP contribution is -2.44. The fourth-order valence-electron chi connectivity index (χ4n) is 3.56. The average molecular weight is 471 g/mol. The second-order valence-corrected chi connectivity index (χ2v) is 9.14. The highest BCUT2D eigenvalue weighted by molar-refractivity contribution is 8.00. The van der Waals surface area contributed by atoms with Crippen molar-refractivity contribution in [3.63, 3.8) is 0 Å². The minimum absolute atomic E-state index is 0.113. The van der Waals surface area contributed by atoms with Gasteiger partial charge in [0.1, 0.15) is 5.75 Å². The van der Waals surface area contributed by atoms with Crippen LogP contribution in [0.25, 0.3) is 0 Å². The Balaban J connectivity index is 1.57. The molecule has 1 atom stereocenters. The Morgan fingerprint density at radius 1 is 1.12 bits per heavy atom. The van der Waals surface area contributed by atoms with Crippen molar-refractivity contribution in [3.05, 3.63) is 54.1 Å². The maximum atomic E-state index is 12.8. The summed E-state index contributed by atoms with van der Waals surface area (Å²) in [7, 11) is 1.56. The molecule has 0 saturated carbocycles. The molecule has 1 fully saturated rings. The van der Waals surface area contributed by atoms with Crippen molar-refractivity contribution in [3.8, 4) is 5.75 Å². The van der Waals surface area contributed by atoms with Gasteiger partial charge in [-0.25, -0.2) is 4.79 Å². The first-order chi connectivity index (χ1) is 15.9. The number of hydrogen-bond donors (Lipinski definition) is 1. The van der Waals surface area contributed by atoms with Crippen molar-refractivity contribution in [1.82, 2.24) is 4.90 Å². The largest absolute Gasteiger partial charge is 0.497 e. The molecule has 1 saturated heterocycles. The van der Waals surface area contributed by atoms with Gasteiger partial charge in [-0.05, 0) is 49.9 Å². The third-order valence-electron chi connectivity index (χ3n) is 5.55. The van der Waals surface area contributed by atoms with Gasteiger partial charge in [0.05, 0.1) is 18.4 Å². The van der Waals surface area contributed by atoms with E-state index < -0.39 is 12.1 Å². The van der Waals surface area contributed by atoms with Crippen molar-refractivity contribution in [2.75, 3.05) is 31.3 Å². The van der Waals surface area contributed by atoms with E-state index in [0.29, 0.717) is 40.9 Å². The number of amides is 2. The molecule has 1 aliphatic heterocycles. The molecule has 2 amide bonds. The van der Waals surface area contributed by atoms with Crippen LogP contribution in [0, 0.1) is 5.92 Å². The Morgan fingerprint density at radius 2 is 1.85 bits per heavy atom. The van der Waals surface area contributed by atoms with Crippen molar-refractivity contribution in [2.24, 2.45) is 5.92 Å². The molecule has 8 heteroatoms. The van der Waals surface area contributed by atoms with E-state index in [0.717, 1.165) is 12.8 Å². The van der Waals surface area contributed by atoms with Crippen molar-refractivity contribution >= 4 is 35.2 Å². The molecule has 0 spiro atoms. The molecule has 0 aliphatic carbocycles. The first kappa shape index (κ1) is 24.6. The van der Waals surface area contributed by atoms with Crippen LogP contribution in [-0.4, -0.2) is 54.7 Å². The number of methoxy groups -OCH3 is 1. The van der Waals surface area contributed by atoms with Crippen LogP contribution in [0.3, 0.4) is 0 Å². The maximum absolute atomic E-state index is 12.8. The molecule has 0 radical (unpaired) electrons. The summed E-state index contributed by atoms with van der Waals surface area (Å²) < 4.78 is 10.7. The van der Waals surface area contributed by atoms with E-state index in [-0.39, 0.29) is 17.6 Å². The topological polar surface area (TPSA) is 84.9 Å². The maximum Gasteiger partial charge on any atom is 0.340 e. The lowest BCUT2D eigenvalue weighted by atomic mass is 9.99. The molecule has 0 aromatic heterocycles. The zero-order valence-corrected chi connectivity index (χ0v) is 20.0. The first-order valence-electron chi connectivity index (χ1n) is 11.0. The fourth-order valence-corrected chi connectivity index (χ4v) is 4.40. The average Bonchev–Trinajstić information content (AvgIpc) is 2.83. The smallest absolute Gasteiger partial charge is 0.340 e. The van der Waals surface area contributed by atoms with Crippen LogP contribution in [0.2, 0.25) is 0 Å². The van der Waals surface area contributed by atoms with Gasteiger partial charge in [-0.1, -0.05) is 25.1 Å². The van der Waals surface area contributed by atoms with Gasteiger partial charge in [0.25, 0.3) is 5.91 Å². The van der Waals surface area contributed by atoms with Crippen molar-refractivity contribution < 1.29 is 23.9 Å². The number of thioether (sulfide) groups is 1. The normalized spacial score (nSPS) is 14.9. The Labute approximate surface area is 198 Å². The number of likely N-dealkylation sites (tertiary alicyclic amines) is 1. The number of carbonyl (C=O) groups excluding carboxylic acids is 3. The van der Waals surface area contributed by atoms with Crippen LogP contribution >= 0.6 is 11.8 Å². The molecular formula is C25H30N2O5S. The number of esters is 1. The molecule has 3 rings (SSSR count). The molecule has 176 valence electrons. The summed E-state index contributed by atoms with van der Waals surface area (Å²) in [4.78, 5) is 40.3. The monoisotopic (exact) mass is 470 g/mol. The quantitative estimate of drug-likeness (QED) is 0.459. The van der Waals surface area contributed by atoms with E-state index in [1.54, 1.807) is 67.5 Å². The van der Waals surface area contributed by atoms with Gasteiger partial charge in [-0.3, -0.25) is 9.59 Å². The van der Waals surface area contributed by atoms with Crippen LogP contribution in [-0.2, 0) is 14.3 Å². The number of carbonyl (C=O) groups is 3. The van der Waals surface area contributed by atoms with Gasteiger partial charge < -0.3 is 19.7 Å². The summed E-state index contributed by atoms with van der Waals surface area (Å²) in [5.41, 5.74) is 0.968. The Hall–Kier alpha value is -3.00. The van der Waals surface area contributed by atoms with E-state index in [1.165, 1.54) is 11.8 Å². The summed E-state index contributed by atoms with van der Waals surface area (Å²) >= 11 is 1.24. The standard InChI is InChI=1S/C25H30N2O5S/c1-17-11-13-27(14-12-17)24(29)18(2)32-25(30)21-9-4-5-10-22(21)33-16-23(28)26-19-7-6-8-20(15-19)31-3/h4-10,15,17-18H,11-14,16H2,1-3H3,(H,26,28)/t18-/m0/s1. The summed E-state index contributed by atoms with van der Waals surface area (Å²) in [6, 6.07) is 14.0. The molecule has 1 aliphatic rings. The lowest BCUT2D eigenvalue weighted by molar-refractivity contribution is -0.141. The van der Waals surface area contributed by atoms with E-state index in [2.05, 4.69) is 12.2 Å². The zero-order valence-electron chi connectivity index (χ0n) is 19.2. The number of piperidine rings is 1. The molecule has 0 bridgehead atoms. The highest BCUT2D eigenvalue weighted by Crippen LogP contribution is 2.25. The predicted octanol–water partition coefficient (Wildman–Crippen LogP) is 4.23. The summed E-state index contributed by atoms with van der Waals surface area (Å²) in [6.45, 7) is 5.17. The number of rotatable bonds is 8. The van der Waals surface area contributed by atoms with Crippen molar-refractivity contribution in [1.29, 1.82) is 0 Å². The predicted molar refractivity (Wildman–Crippen MR) is 129 cm³/mol. The highest BCUT2D eigenvalue weighted by Gasteiger charge is 2.27. The summed E-state index contributed by atoms with van der Waals surface area (Å²) in [5, 5.41) is 2.82. The molecule has 2 aromatic carbocycles. The summed E-state index contributed by atoms with van der Waals surface area (Å²) in [5.74, 6) is 0.421. The molecule has 0 unspecified atom stereocenters. The van der Waals surface area contributed by atoms with Gasteiger partial charge >= 0.3 is 5.97 Å². The SMILES string of the molecule is COc1cccc(NC(=O)CSc2ccccc2C(=O)O[C@@H](C)C(=O)N2CCC(C)CC2)c1. The number of benzene rings is 2. The van der Waals surface area contributed by atoms with Crippen LogP contribution in [0.4, 0.5) is 5.69 Å². The highest BCUT2D eigenvalue weighted by atomic mass is 32.2. The number of ether oxygens (including phenoxy) is 2. The summed E-state index contributed by atoms with van der Waals surface area (Å²) in [6.07, 6.45) is 1.06. The fraction of sp³-hybridized carbons (Fsp3) is 0.400. The molecule has 7 nitrogen and oxygen atoms in total. The second-order valence-electron chi connectivity index (χ2n) is 8.12. The minimum Gasteiger partial charge on any atom is -0.497 e. The zero-order chi connectivity index (χ0) is 23.8. The number of nitrogens with one attached hydrogen (secondary N) is 1. The molecule has 1 N–H and O–H groups in total. The molecule has 33 heavy (non-hydrogen) atoms. The van der Waals surface area contributed by atoms with E-state index in [1.807, 2.05) is 0 Å². The molecule has 2 aromatic rings. The van der Waals surface area contributed by atoms with Crippen LogP contribution in [0.15, 0.2) is 53.4 Å². The Kier molecular flexibility index (Phi) is 8.77. The van der Waals surface area contributed by atoms with E-state index >= 15 is 0 Å². The molecule has 1 heterocycles. The molecular weight excluding hydrogens is 440 g/mol. The third kappa shape index (κ3) is 6.99. The Bertz CT molecular complexity index is 988. The van der Waals surface area contributed by atoms with Gasteiger partial charge in [0.15, 0.2) is 6.10 Å². The minimum atomic E-state index is -0.861. The number of anilines is 1. The van der Waals surface area contributed by atoms with Crippen LogP contribution < -0.4 is 10.1 Å². The second kappa shape index (κ2) is 11.7. The van der Waals surface area contributed by atoms with Gasteiger partial charge in [-0.2, -0.15) is 0 Å². The lowest BCUT2D eigenvalue weighted by Gasteiger charge is -2.31. The number of nitrogens with zero attached hydrogens (tertiary/aromatic N) is 1. The first-order valence-corrected chi connectivity index (χ1v) is 12.0. The third-order valence-corrected chi connectivity index (χ3v) is 6.62. The van der Waals surface area contributed by atoms with Crippen molar-refractivity contribution in [2.45, 2.75) is 37.7 Å². The van der Waals surface area contributed by atoms with Gasteiger partial charge in [-0.15, -0.1) is 11.8 Å². The van der Waals surface area contributed by atoms with Gasteiger partial charge in [0, 0.05) is 29.7 Å².